The van der Waals surface area contributed by atoms with Crippen molar-refractivity contribution in [2.75, 3.05) is 5.73 Å². The lowest BCUT2D eigenvalue weighted by Crippen LogP contribution is -2.60. The Bertz CT molecular complexity index is 673. The quantitative estimate of drug-likeness (QED) is 0.689. The molecule has 21 heavy (non-hydrogen) atoms. The van der Waals surface area contributed by atoms with Crippen LogP contribution < -0.4 is 5.73 Å². The monoisotopic (exact) mass is 307 g/mol. The maximum absolute atomic E-state index is 12.1. The van der Waals surface area contributed by atoms with Crippen LogP contribution in [0.2, 0.25) is 0 Å². The van der Waals surface area contributed by atoms with Gasteiger partial charge in [-0.25, -0.2) is 9.78 Å². The number of hydrogen-bond acceptors (Lipinski definition) is 6. The number of pyridine rings is 1. The number of aliphatic hydroxyl groups excluding tert-OH is 1. The molecule has 3 heterocycles. The predicted molar refractivity (Wildman–Crippen MR) is 76.6 cm³/mol. The van der Waals surface area contributed by atoms with Crippen molar-refractivity contribution in [2.24, 2.45) is 5.92 Å². The van der Waals surface area contributed by atoms with Crippen LogP contribution >= 0.6 is 11.8 Å². The van der Waals surface area contributed by atoms with E-state index in [1.54, 1.807) is 12.1 Å². The average Bonchev–Trinajstić information content (AvgIpc) is 2.74. The largest absolute Gasteiger partial charge is 0.477 e. The number of rotatable bonds is 3. The van der Waals surface area contributed by atoms with Crippen molar-refractivity contribution in [3.63, 3.8) is 0 Å². The molecule has 110 valence electrons. The van der Waals surface area contributed by atoms with E-state index < -0.39 is 23.4 Å². The average molecular weight is 307 g/mol. The van der Waals surface area contributed by atoms with Crippen LogP contribution in [0.15, 0.2) is 24.0 Å². The van der Waals surface area contributed by atoms with Crippen LogP contribution in [0, 0.1) is 5.92 Å². The lowest BCUT2D eigenvalue weighted by atomic mass is 9.92. The Kier molecular flexibility index (Phi) is 3.14. The molecule has 1 aromatic heterocycles. The number of nitrogens with zero attached hydrogens (tertiary/aromatic N) is 2. The maximum atomic E-state index is 12.1. The van der Waals surface area contributed by atoms with Gasteiger partial charge < -0.3 is 15.9 Å². The number of carbonyl (C=O) groups is 2. The van der Waals surface area contributed by atoms with E-state index in [1.807, 2.05) is 0 Å². The fourth-order valence-corrected chi connectivity index (χ4v) is 4.22. The van der Waals surface area contributed by atoms with Gasteiger partial charge in [0.2, 0.25) is 5.91 Å². The summed E-state index contributed by atoms with van der Waals surface area (Å²) in [5, 5.41) is 18.7. The van der Waals surface area contributed by atoms with Crippen molar-refractivity contribution in [1.29, 1.82) is 0 Å². The van der Waals surface area contributed by atoms with Crippen LogP contribution in [0.1, 0.15) is 12.5 Å². The number of fused-ring (bicyclic) bond motifs is 1. The van der Waals surface area contributed by atoms with E-state index in [2.05, 4.69) is 4.98 Å². The van der Waals surface area contributed by atoms with Crippen molar-refractivity contribution >= 4 is 34.4 Å². The predicted octanol–water partition coefficient (Wildman–Crippen LogP) is 0.329. The second-order valence-corrected chi connectivity index (χ2v) is 6.03. The number of carboxylic acids is 1. The summed E-state index contributed by atoms with van der Waals surface area (Å²) in [6.07, 6.45) is 0.685. The molecule has 2 aliphatic rings. The highest BCUT2D eigenvalue weighted by Crippen LogP contribution is 2.54. The molecule has 0 aromatic carbocycles. The number of carbonyl (C=O) groups excluding carboxylic acids is 1. The Morgan fingerprint density at radius 2 is 2.29 bits per heavy atom. The number of β-lactam (4-membered cyclic amide) rings is 1. The molecular formula is C13H13N3O4S. The van der Waals surface area contributed by atoms with Gasteiger partial charge >= 0.3 is 5.97 Å². The molecule has 0 spiro atoms. The molecule has 7 nitrogen and oxygen atoms in total. The first-order valence-electron chi connectivity index (χ1n) is 6.29. The van der Waals surface area contributed by atoms with E-state index in [0.29, 0.717) is 10.5 Å². The summed E-state index contributed by atoms with van der Waals surface area (Å²) in [5.74, 6) is -1.96. The first-order valence-corrected chi connectivity index (χ1v) is 7.17. The third kappa shape index (κ3) is 1.90. The Labute approximate surface area is 124 Å². The van der Waals surface area contributed by atoms with Gasteiger partial charge in [0.25, 0.3) is 0 Å². The van der Waals surface area contributed by atoms with Crippen LogP contribution in [-0.4, -0.2) is 43.5 Å². The van der Waals surface area contributed by atoms with Crippen molar-refractivity contribution in [3.05, 3.63) is 29.6 Å². The van der Waals surface area contributed by atoms with Gasteiger partial charge in [-0.05, 0) is 19.1 Å². The third-order valence-corrected chi connectivity index (χ3v) is 4.98. The van der Waals surface area contributed by atoms with Gasteiger partial charge in [0.05, 0.1) is 16.9 Å². The molecule has 1 aromatic rings. The number of hydrogen-bond donors (Lipinski definition) is 3. The fraction of sp³-hybridized carbons (Fsp3) is 0.308. The van der Waals surface area contributed by atoms with Gasteiger partial charge in [0.15, 0.2) is 0 Å². The zero-order chi connectivity index (χ0) is 15.3. The molecule has 1 saturated heterocycles. The van der Waals surface area contributed by atoms with E-state index in [0.717, 1.165) is 0 Å². The molecule has 1 fully saturated rings. The zero-order valence-electron chi connectivity index (χ0n) is 11.1. The standard InChI is InChI=1S/C13H13N3O4S/c1-5(17)7-11(18)16-8(13(19)20)9(21-12(7)16)6-3-2-4-15-10(6)14/h2-5,7,12,17H,1H3,(H2,14,15)(H,19,20)/t5-,7+,12-/m1/s1. The Morgan fingerprint density at radius 3 is 2.86 bits per heavy atom. The summed E-state index contributed by atoms with van der Waals surface area (Å²) in [7, 11) is 0. The molecule has 4 N–H and O–H groups in total. The van der Waals surface area contributed by atoms with Crippen molar-refractivity contribution in [1.82, 2.24) is 9.88 Å². The van der Waals surface area contributed by atoms with Crippen LogP contribution in [0.5, 0.6) is 0 Å². The van der Waals surface area contributed by atoms with Gasteiger partial charge in [-0.2, -0.15) is 0 Å². The first-order chi connectivity index (χ1) is 9.93. The number of nitrogen functional groups attached to an aromatic ring is 1. The number of anilines is 1. The first kappa shape index (κ1) is 13.9. The SMILES string of the molecule is C[C@@H](O)[C@H]1C(=O)N2C(C(=O)O)=C(c3cccnc3N)S[C@H]12. The minimum Gasteiger partial charge on any atom is -0.477 e. The van der Waals surface area contributed by atoms with Crippen molar-refractivity contribution in [2.45, 2.75) is 18.4 Å². The minimum absolute atomic E-state index is 0.0911. The number of aliphatic hydroxyl groups is 1. The molecule has 0 radical (unpaired) electrons. The molecule has 0 saturated carbocycles. The Hall–Kier alpha value is -2.06. The van der Waals surface area contributed by atoms with Crippen LogP contribution in [0.4, 0.5) is 5.82 Å². The molecule has 3 atom stereocenters. The summed E-state index contributed by atoms with van der Waals surface area (Å²) in [4.78, 5) is 29.2. The molecule has 0 bridgehead atoms. The smallest absolute Gasteiger partial charge is 0.353 e. The molecule has 3 rings (SSSR count). The van der Waals surface area contributed by atoms with Gasteiger partial charge in [-0.1, -0.05) is 11.8 Å². The second kappa shape index (κ2) is 4.74. The molecule has 0 aliphatic carbocycles. The number of aromatic nitrogens is 1. The summed E-state index contributed by atoms with van der Waals surface area (Å²) in [5.41, 5.74) is 6.20. The number of carboxylic acid groups (broad SMARTS) is 1. The molecule has 8 heteroatoms. The zero-order valence-corrected chi connectivity index (χ0v) is 11.9. The lowest BCUT2D eigenvalue weighted by Gasteiger charge is -2.43. The van der Waals surface area contributed by atoms with E-state index in [4.69, 9.17) is 5.73 Å². The highest BCUT2D eigenvalue weighted by Gasteiger charge is 2.57. The summed E-state index contributed by atoms with van der Waals surface area (Å²) < 4.78 is 0. The van der Waals surface area contributed by atoms with Gasteiger partial charge in [-0.15, -0.1) is 0 Å². The van der Waals surface area contributed by atoms with Gasteiger partial charge in [0, 0.05) is 11.8 Å². The van der Waals surface area contributed by atoms with Crippen molar-refractivity contribution in [3.8, 4) is 0 Å². The van der Waals surface area contributed by atoms with E-state index in [9.17, 15) is 19.8 Å². The highest BCUT2D eigenvalue weighted by atomic mass is 32.2. The number of thioether (sulfide) groups is 1. The molecule has 2 aliphatic heterocycles. The fourth-order valence-electron chi connectivity index (χ4n) is 2.58. The highest BCUT2D eigenvalue weighted by molar-refractivity contribution is 8.09. The number of aliphatic carboxylic acids is 1. The summed E-state index contributed by atoms with van der Waals surface area (Å²) in [6.45, 7) is 1.53. The summed E-state index contributed by atoms with van der Waals surface area (Å²) >= 11 is 1.23. The summed E-state index contributed by atoms with van der Waals surface area (Å²) in [6, 6.07) is 3.32. The third-order valence-electron chi connectivity index (χ3n) is 3.58. The van der Waals surface area contributed by atoms with Gasteiger partial charge in [-0.3, -0.25) is 9.69 Å². The maximum Gasteiger partial charge on any atom is 0.353 e. The molecular weight excluding hydrogens is 294 g/mol. The van der Waals surface area contributed by atoms with Gasteiger partial charge in [0.1, 0.15) is 16.9 Å². The van der Waals surface area contributed by atoms with Crippen LogP contribution in [0.3, 0.4) is 0 Å². The Morgan fingerprint density at radius 1 is 1.57 bits per heavy atom. The Balaban J connectivity index is 2.07. The minimum atomic E-state index is -1.19. The van der Waals surface area contributed by atoms with Crippen LogP contribution in [0.25, 0.3) is 4.91 Å². The number of amides is 1. The lowest BCUT2D eigenvalue weighted by molar-refractivity contribution is -0.156. The topological polar surface area (TPSA) is 117 Å². The van der Waals surface area contributed by atoms with E-state index in [-0.39, 0.29) is 17.4 Å². The van der Waals surface area contributed by atoms with Crippen molar-refractivity contribution < 1.29 is 19.8 Å². The molecule has 0 unspecified atom stereocenters. The normalized spacial score (nSPS) is 25.6. The van der Waals surface area contributed by atoms with E-state index in [1.165, 1.54) is 29.8 Å². The number of nitrogens with two attached hydrogens (primary N) is 1. The second-order valence-electron chi connectivity index (χ2n) is 4.90. The van der Waals surface area contributed by atoms with Crippen LogP contribution in [-0.2, 0) is 9.59 Å². The van der Waals surface area contributed by atoms with E-state index >= 15 is 0 Å². The molecule has 1 amide bonds.